The van der Waals surface area contributed by atoms with Gasteiger partial charge in [-0.25, -0.2) is 0 Å². The van der Waals surface area contributed by atoms with E-state index in [4.69, 9.17) is 4.74 Å². The third-order valence-corrected chi connectivity index (χ3v) is 4.53. The lowest BCUT2D eigenvalue weighted by Gasteiger charge is -2.15. The van der Waals surface area contributed by atoms with Crippen LogP contribution in [0.5, 0.6) is 0 Å². The maximum atomic E-state index is 5.32. The normalized spacial score (nSPS) is 31.4. The first kappa shape index (κ1) is 11.7. The van der Waals surface area contributed by atoms with Crippen LogP contribution < -0.4 is 0 Å². The monoisotopic (exact) mass is 220 g/mol. The minimum Gasteiger partial charge on any atom is -0.358 e. The summed E-state index contributed by atoms with van der Waals surface area (Å²) in [6.45, 7) is 7.60. The summed E-state index contributed by atoms with van der Waals surface area (Å²) in [6.07, 6.45) is 2.40. The maximum Gasteiger partial charge on any atom is 0.134 e. The van der Waals surface area contributed by atoms with E-state index >= 15 is 0 Å². The number of ether oxygens (including phenoxy) is 1. The number of rotatable bonds is 6. The van der Waals surface area contributed by atoms with Crippen LogP contribution >= 0.6 is 24.4 Å². The van der Waals surface area contributed by atoms with E-state index in [1.807, 2.05) is 11.8 Å². The molecule has 0 radical (unpaired) electrons. The molecule has 0 saturated carbocycles. The van der Waals surface area contributed by atoms with Crippen molar-refractivity contribution in [1.29, 1.82) is 0 Å². The van der Waals surface area contributed by atoms with Gasteiger partial charge < -0.3 is 4.74 Å². The van der Waals surface area contributed by atoms with Gasteiger partial charge in [-0.3, -0.25) is 0 Å². The van der Waals surface area contributed by atoms with Crippen molar-refractivity contribution in [3.8, 4) is 0 Å². The lowest BCUT2D eigenvalue weighted by Crippen LogP contribution is -2.10. The minimum absolute atomic E-state index is 0.159. The standard InChI is InChI=1S/C10H20OS2/c1-4-9(12)5-8(2)6-13-10(3)7-11-10/h8-9,12H,4-7H2,1-3H3. The van der Waals surface area contributed by atoms with Crippen molar-refractivity contribution in [3.05, 3.63) is 0 Å². The molecule has 3 atom stereocenters. The molecule has 1 heterocycles. The van der Waals surface area contributed by atoms with Gasteiger partial charge in [0.2, 0.25) is 0 Å². The van der Waals surface area contributed by atoms with Crippen LogP contribution in [-0.2, 0) is 4.74 Å². The van der Waals surface area contributed by atoms with E-state index in [2.05, 4.69) is 33.4 Å². The summed E-state index contributed by atoms with van der Waals surface area (Å²) in [7, 11) is 0. The summed E-state index contributed by atoms with van der Waals surface area (Å²) in [5, 5.41) is 0.573. The number of epoxide rings is 1. The Labute approximate surface area is 91.4 Å². The van der Waals surface area contributed by atoms with E-state index in [1.165, 1.54) is 18.6 Å². The Kier molecular flexibility index (Phi) is 4.46. The fourth-order valence-corrected chi connectivity index (χ4v) is 2.56. The molecule has 3 heteroatoms. The molecule has 1 fully saturated rings. The molecule has 0 aliphatic carbocycles. The average Bonchev–Trinajstić information content (AvgIpc) is 2.81. The van der Waals surface area contributed by atoms with Crippen LogP contribution in [0.2, 0.25) is 0 Å². The Balaban J connectivity index is 2.06. The van der Waals surface area contributed by atoms with Crippen molar-refractivity contribution in [2.24, 2.45) is 5.92 Å². The van der Waals surface area contributed by atoms with Gasteiger partial charge in [0.25, 0.3) is 0 Å². The Hall–Kier alpha value is 0.660. The van der Waals surface area contributed by atoms with Crippen LogP contribution in [0.3, 0.4) is 0 Å². The van der Waals surface area contributed by atoms with Crippen LogP contribution in [0.1, 0.15) is 33.6 Å². The molecule has 1 saturated heterocycles. The molecule has 0 N–H and O–H groups in total. The molecule has 0 aromatic carbocycles. The zero-order chi connectivity index (χ0) is 9.90. The van der Waals surface area contributed by atoms with Crippen LogP contribution in [0.25, 0.3) is 0 Å². The Morgan fingerprint density at radius 3 is 2.69 bits per heavy atom. The molecule has 13 heavy (non-hydrogen) atoms. The summed E-state index contributed by atoms with van der Waals surface area (Å²) >= 11 is 6.46. The predicted octanol–water partition coefficient (Wildman–Crippen LogP) is 3.20. The first-order chi connectivity index (χ1) is 6.06. The van der Waals surface area contributed by atoms with E-state index in [0.717, 1.165) is 12.5 Å². The first-order valence-corrected chi connectivity index (χ1v) is 6.52. The Morgan fingerprint density at radius 1 is 1.62 bits per heavy atom. The molecule has 1 nitrogen and oxygen atoms in total. The van der Waals surface area contributed by atoms with Gasteiger partial charge in [0.05, 0.1) is 6.61 Å². The van der Waals surface area contributed by atoms with Gasteiger partial charge in [0, 0.05) is 5.25 Å². The third-order valence-electron chi connectivity index (χ3n) is 2.37. The van der Waals surface area contributed by atoms with E-state index in [-0.39, 0.29) is 4.93 Å². The highest BCUT2D eigenvalue weighted by atomic mass is 32.2. The lowest BCUT2D eigenvalue weighted by molar-refractivity contribution is 0.401. The molecular weight excluding hydrogens is 200 g/mol. The van der Waals surface area contributed by atoms with E-state index in [1.54, 1.807) is 0 Å². The molecule has 1 aliphatic rings. The van der Waals surface area contributed by atoms with Gasteiger partial charge >= 0.3 is 0 Å². The summed E-state index contributed by atoms with van der Waals surface area (Å²) < 4.78 is 5.32. The number of hydrogen-bond acceptors (Lipinski definition) is 3. The quantitative estimate of drug-likeness (QED) is 0.545. The van der Waals surface area contributed by atoms with Crippen molar-refractivity contribution in [2.45, 2.75) is 43.8 Å². The van der Waals surface area contributed by atoms with Crippen molar-refractivity contribution < 1.29 is 4.74 Å². The third kappa shape index (κ3) is 4.61. The Bertz CT molecular complexity index is 157. The number of thioether (sulfide) groups is 1. The highest BCUT2D eigenvalue weighted by molar-refractivity contribution is 8.00. The van der Waals surface area contributed by atoms with Crippen molar-refractivity contribution >= 4 is 24.4 Å². The molecule has 78 valence electrons. The van der Waals surface area contributed by atoms with Crippen LogP contribution in [0, 0.1) is 5.92 Å². The predicted molar refractivity (Wildman–Crippen MR) is 63.7 cm³/mol. The summed E-state index contributed by atoms with van der Waals surface area (Å²) in [4.78, 5) is 0.159. The van der Waals surface area contributed by atoms with Gasteiger partial charge in [0.15, 0.2) is 0 Å². The highest BCUT2D eigenvalue weighted by Gasteiger charge is 2.39. The number of thiol groups is 1. The Morgan fingerprint density at radius 2 is 2.23 bits per heavy atom. The maximum absolute atomic E-state index is 5.32. The zero-order valence-corrected chi connectivity index (χ0v) is 10.5. The van der Waals surface area contributed by atoms with Crippen molar-refractivity contribution in [2.75, 3.05) is 12.4 Å². The zero-order valence-electron chi connectivity index (χ0n) is 8.75. The van der Waals surface area contributed by atoms with Gasteiger partial charge in [0.1, 0.15) is 4.93 Å². The molecule has 0 aromatic heterocycles. The molecule has 0 spiro atoms. The largest absolute Gasteiger partial charge is 0.358 e. The average molecular weight is 220 g/mol. The van der Waals surface area contributed by atoms with Gasteiger partial charge in [-0.1, -0.05) is 13.8 Å². The lowest BCUT2D eigenvalue weighted by atomic mass is 10.1. The van der Waals surface area contributed by atoms with Gasteiger partial charge in [-0.15, -0.1) is 11.8 Å². The molecule has 0 bridgehead atoms. The van der Waals surface area contributed by atoms with Crippen LogP contribution in [-0.4, -0.2) is 22.5 Å². The molecule has 0 aromatic rings. The van der Waals surface area contributed by atoms with E-state index in [9.17, 15) is 0 Å². The van der Waals surface area contributed by atoms with E-state index in [0.29, 0.717) is 5.25 Å². The second kappa shape index (κ2) is 4.94. The second-order valence-corrected chi connectivity index (χ2v) is 6.35. The molecule has 1 rings (SSSR count). The molecular formula is C10H20OS2. The van der Waals surface area contributed by atoms with E-state index < -0.39 is 0 Å². The topological polar surface area (TPSA) is 12.5 Å². The van der Waals surface area contributed by atoms with Gasteiger partial charge in [-0.05, 0) is 31.4 Å². The SMILES string of the molecule is CCC(S)CC(C)CSC1(C)CO1. The number of hydrogen-bond donors (Lipinski definition) is 1. The summed E-state index contributed by atoms with van der Waals surface area (Å²) in [6, 6.07) is 0. The van der Waals surface area contributed by atoms with Crippen LogP contribution in [0.15, 0.2) is 0 Å². The smallest absolute Gasteiger partial charge is 0.134 e. The molecule has 0 amide bonds. The minimum atomic E-state index is 0.159. The molecule has 1 aliphatic heterocycles. The molecule has 3 unspecified atom stereocenters. The van der Waals surface area contributed by atoms with Gasteiger partial charge in [-0.2, -0.15) is 12.6 Å². The van der Waals surface area contributed by atoms with Crippen molar-refractivity contribution in [3.63, 3.8) is 0 Å². The van der Waals surface area contributed by atoms with Crippen LogP contribution in [0.4, 0.5) is 0 Å². The first-order valence-electron chi connectivity index (χ1n) is 5.01. The summed E-state index contributed by atoms with van der Waals surface area (Å²) in [5.41, 5.74) is 0. The fourth-order valence-electron chi connectivity index (χ4n) is 1.20. The fraction of sp³-hybridized carbons (Fsp3) is 1.00. The highest BCUT2D eigenvalue weighted by Crippen LogP contribution is 2.39. The second-order valence-electron chi connectivity index (χ2n) is 4.14. The van der Waals surface area contributed by atoms with Crippen molar-refractivity contribution in [1.82, 2.24) is 0 Å². The summed E-state index contributed by atoms with van der Waals surface area (Å²) in [5.74, 6) is 1.96.